The molecule has 7 heteroatoms. The Morgan fingerprint density at radius 2 is 2.22 bits per heavy atom. The van der Waals surface area contributed by atoms with Crippen LogP contribution in [0.1, 0.15) is 40.7 Å². The van der Waals surface area contributed by atoms with Gasteiger partial charge in [0.15, 0.2) is 5.82 Å². The van der Waals surface area contributed by atoms with Crippen LogP contribution in [0.2, 0.25) is 5.02 Å². The van der Waals surface area contributed by atoms with Gasteiger partial charge in [-0.3, -0.25) is 9.78 Å². The minimum absolute atomic E-state index is 0.0869. The van der Waals surface area contributed by atoms with E-state index in [9.17, 15) is 9.18 Å². The number of nitrogens with zero attached hydrogens (tertiary/aromatic N) is 2. The highest BCUT2D eigenvalue weighted by atomic mass is 35.5. The van der Waals surface area contributed by atoms with E-state index in [1.807, 2.05) is 0 Å². The summed E-state index contributed by atoms with van der Waals surface area (Å²) in [6, 6.07) is 2.71. The molecule has 2 N–H and O–H groups in total. The molecule has 0 aliphatic carbocycles. The summed E-state index contributed by atoms with van der Waals surface area (Å²) in [5.41, 5.74) is 7.70. The van der Waals surface area contributed by atoms with Crippen LogP contribution >= 0.6 is 11.6 Å². The highest BCUT2D eigenvalue weighted by Crippen LogP contribution is 2.43. The number of amides is 1. The third-order valence-corrected chi connectivity index (χ3v) is 4.52. The standard InChI is InChI=1S/C16H13ClFN3O2/c17-7-3-11(18)14(20-6-7)10-5-12(16(19)22)21-15-9(10)4-8-1-2-13(15)23-8/h3,5-6,8,13H,1-2,4H2,(H2,19,22)/t8-,13-/m0/s1. The van der Waals surface area contributed by atoms with Crippen molar-refractivity contribution in [3.05, 3.63) is 46.1 Å². The summed E-state index contributed by atoms with van der Waals surface area (Å²) in [6.45, 7) is 0. The molecule has 0 unspecified atom stereocenters. The van der Waals surface area contributed by atoms with Crippen molar-refractivity contribution in [1.82, 2.24) is 9.97 Å². The van der Waals surface area contributed by atoms with E-state index in [1.54, 1.807) is 0 Å². The normalized spacial score (nSPS) is 22.0. The van der Waals surface area contributed by atoms with Crippen molar-refractivity contribution in [2.75, 3.05) is 0 Å². The number of primary amides is 1. The molecule has 4 rings (SSSR count). The molecule has 2 aliphatic heterocycles. The van der Waals surface area contributed by atoms with Crippen molar-refractivity contribution >= 4 is 17.5 Å². The molecule has 1 amide bonds. The molecule has 0 saturated carbocycles. The van der Waals surface area contributed by atoms with Crippen LogP contribution in [0.4, 0.5) is 4.39 Å². The van der Waals surface area contributed by atoms with Crippen LogP contribution in [0.15, 0.2) is 18.3 Å². The van der Waals surface area contributed by atoms with Crippen molar-refractivity contribution in [1.29, 1.82) is 0 Å². The number of hydrogen-bond acceptors (Lipinski definition) is 4. The summed E-state index contributed by atoms with van der Waals surface area (Å²) in [5.74, 6) is -1.20. The number of carbonyl (C=O) groups excluding carboxylic acids is 1. The number of aromatic nitrogens is 2. The zero-order chi connectivity index (χ0) is 16.1. The highest BCUT2D eigenvalue weighted by molar-refractivity contribution is 6.30. The van der Waals surface area contributed by atoms with E-state index in [0.29, 0.717) is 17.7 Å². The number of nitrogens with two attached hydrogens (primary N) is 1. The second-order valence-corrected chi connectivity index (χ2v) is 6.23. The maximum atomic E-state index is 14.3. The van der Waals surface area contributed by atoms with E-state index in [-0.39, 0.29) is 28.6 Å². The third kappa shape index (κ3) is 2.38. The molecule has 0 spiro atoms. The number of rotatable bonds is 2. The molecule has 118 valence electrons. The third-order valence-electron chi connectivity index (χ3n) is 4.32. The van der Waals surface area contributed by atoms with E-state index in [1.165, 1.54) is 18.3 Å². The Morgan fingerprint density at radius 3 is 2.96 bits per heavy atom. The van der Waals surface area contributed by atoms with Gasteiger partial charge in [0.1, 0.15) is 17.5 Å². The maximum Gasteiger partial charge on any atom is 0.267 e. The van der Waals surface area contributed by atoms with Crippen LogP contribution in [0.25, 0.3) is 11.3 Å². The van der Waals surface area contributed by atoms with E-state index in [0.717, 1.165) is 18.4 Å². The Labute approximate surface area is 136 Å². The van der Waals surface area contributed by atoms with Crippen molar-refractivity contribution in [3.8, 4) is 11.3 Å². The lowest BCUT2D eigenvalue weighted by atomic mass is 9.94. The second kappa shape index (κ2) is 5.25. The summed E-state index contributed by atoms with van der Waals surface area (Å²) >= 11 is 5.78. The SMILES string of the molecule is NC(=O)c1cc(-c2ncc(Cl)cc2F)c2c(n1)[C@@H]1CC[C@@H](C2)O1. The van der Waals surface area contributed by atoms with Crippen LogP contribution in [-0.4, -0.2) is 22.0 Å². The molecule has 2 atom stereocenters. The fourth-order valence-corrected chi connectivity index (χ4v) is 3.45. The fraction of sp³-hybridized carbons (Fsp3) is 0.312. The number of carbonyl (C=O) groups is 1. The van der Waals surface area contributed by atoms with Crippen LogP contribution in [0.3, 0.4) is 0 Å². The smallest absolute Gasteiger partial charge is 0.267 e. The average molecular weight is 334 g/mol. The molecule has 0 radical (unpaired) electrons. The largest absolute Gasteiger partial charge is 0.368 e. The van der Waals surface area contributed by atoms with Gasteiger partial charge in [-0.15, -0.1) is 0 Å². The summed E-state index contributed by atoms with van der Waals surface area (Å²) in [5, 5.41) is 0.215. The lowest BCUT2D eigenvalue weighted by molar-refractivity contribution is 0.0295. The molecule has 0 aromatic carbocycles. The van der Waals surface area contributed by atoms with Crippen LogP contribution in [0.5, 0.6) is 0 Å². The molecular weight excluding hydrogens is 321 g/mol. The Hall–Kier alpha value is -2.05. The van der Waals surface area contributed by atoms with E-state index >= 15 is 0 Å². The number of halogens is 2. The van der Waals surface area contributed by atoms with Gasteiger partial charge in [0.05, 0.1) is 16.8 Å². The Kier molecular flexibility index (Phi) is 3.32. The molecule has 23 heavy (non-hydrogen) atoms. The van der Waals surface area contributed by atoms with Gasteiger partial charge in [0, 0.05) is 18.2 Å². The van der Waals surface area contributed by atoms with Crippen LogP contribution in [0, 0.1) is 5.82 Å². The molecule has 2 aromatic heterocycles. The maximum absolute atomic E-state index is 14.3. The number of hydrogen-bond donors (Lipinski definition) is 1. The lowest BCUT2D eigenvalue weighted by Gasteiger charge is -2.25. The Bertz CT molecular complexity index is 827. The zero-order valence-electron chi connectivity index (χ0n) is 12.1. The second-order valence-electron chi connectivity index (χ2n) is 5.80. The summed E-state index contributed by atoms with van der Waals surface area (Å²) in [4.78, 5) is 20.0. The topological polar surface area (TPSA) is 78.1 Å². The predicted octanol–water partition coefficient (Wildman–Crippen LogP) is 2.81. The molecular formula is C16H13ClFN3O2. The summed E-state index contributed by atoms with van der Waals surface area (Å²) < 4.78 is 20.2. The molecule has 5 nitrogen and oxygen atoms in total. The first-order valence-corrected chi connectivity index (χ1v) is 7.71. The monoisotopic (exact) mass is 333 g/mol. The van der Waals surface area contributed by atoms with Gasteiger partial charge >= 0.3 is 0 Å². The summed E-state index contributed by atoms with van der Waals surface area (Å²) in [6.07, 6.45) is 3.69. The minimum atomic E-state index is -0.663. The molecule has 2 aliphatic rings. The molecule has 2 bridgehead atoms. The van der Waals surface area contributed by atoms with Crippen molar-refractivity contribution in [3.63, 3.8) is 0 Å². The van der Waals surface area contributed by atoms with Crippen LogP contribution < -0.4 is 5.73 Å². The van der Waals surface area contributed by atoms with Gasteiger partial charge in [0.25, 0.3) is 5.91 Å². The van der Waals surface area contributed by atoms with Crippen molar-refractivity contribution in [2.45, 2.75) is 31.5 Å². The molecule has 1 fully saturated rings. The quantitative estimate of drug-likeness (QED) is 0.916. The fourth-order valence-electron chi connectivity index (χ4n) is 3.31. The first-order chi connectivity index (χ1) is 11.0. The molecule has 2 aromatic rings. The number of fused-ring (bicyclic) bond motifs is 4. The van der Waals surface area contributed by atoms with Crippen molar-refractivity contribution in [2.24, 2.45) is 5.73 Å². The first kappa shape index (κ1) is 14.5. The zero-order valence-corrected chi connectivity index (χ0v) is 12.8. The minimum Gasteiger partial charge on any atom is -0.368 e. The van der Waals surface area contributed by atoms with Crippen LogP contribution in [-0.2, 0) is 11.2 Å². The van der Waals surface area contributed by atoms with Gasteiger partial charge in [-0.1, -0.05) is 11.6 Å². The van der Waals surface area contributed by atoms with Gasteiger partial charge in [-0.05, 0) is 30.5 Å². The summed E-state index contributed by atoms with van der Waals surface area (Å²) in [7, 11) is 0. The Morgan fingerprint density at radius 1 is 1.39 bits per heavy atom. The van der Waals surface area contributed by atoms with E-state index in [4.69, 9.17) is 22.1 Å². The lowest BCUT2D eigenvalue weighted by Crippen LogP contribution is -2.23. The van der Waals surface area contributed by atoms with Gasteiger partial charge < -0.3 is 10.5 Å². The molecule has 4 heterocycles. The molecule has 1 saturated heterocycles. The van der Waals surface area contributed by atoms with Gasteiger partial charge in [0.2, 0.25) is 0 Å². The van der Waals surface area contributed by atoms with E-state index < -0.39 is 11.7 Å². The highest BCUT2D eigenvalue weighted by Gasteiger charge is 2.37. The van der Waals surface area contributed by atoms with Gasteiger partial charge in [-0.25, -0.2) is 9.37 Å². The number of pyridine rings is 2. The average Bonchev–Trinajstić information content (AvgIpc) is 2.89. The first-order valence-electron chi connectivity index (χ1n) is 7.33. The van der Waals surface area contributed by atoms with Gasteiger partial charge in [-0.2, -0.15) is 0 Å². The van der Waals surface area contributed by atoms with E-state index in [2.05, 4.69) is 9.97 Å². The number of ether oxygens (including phenoxy) is 1. The van der Waals surface area contributed by atoms with Crippen molar-refractivity contribution < 1.29 is 13.9 Å². The predicted molar refractivity (Wildman–Crippen MR) is 81.5 cm³/mol. The Balaban J connectivity index is 1.97.